The highest BCUT2D eigenvalue weighted by atomic mass is 32.2. The summed E-state index contributed by atoms with van der Waals surface area (Å²) in [5.41, 5.74) is 3.83. The van der Waals surface area contributed by atoms with Crippen LogP contribution in [0.2, 0.25) is 0 Å². The molecule has 0 spiro atoms. The van der Waals surface area contributed by atoms with Crippen LogP contribution in [0.25, 0.3) is 10.8 Å². The Morgan fingerprint density at radius 1 is 0.400 bits per heavy atom. The standard InChI is InChI=1S/C29H22S/c1-4-15-24(16-5-1)29(25-17-6-2-7-18-25,26-19-8-3-9-20-26)30-28-22-12-14-23-13-10-11-21-27(23)28/h1-22H. The molecule has 0 heterocycles. The fourth-order valence-electron chi connectivity index (χ4n) is 4.14. The van der Waals surface area contributed by atoms with Crippen molar-refractivity contribution in [2.75, 3.05) is 0 Å². The smallest absolute Gasteiger partial charge is 0.0954 e. The molecule has 0 atom stereocenters. The van der Waals surface area contributed by atoms with Crippen LogP contribution in [0.1, 0.15) is 16.7 Å². The highest BCUT2D eigenvalue weighted by molar-refractivity contribution is 8.00. The summed E-state index contributed by atoms with van der Waals surface area (Å²) in [6, 6.07) is 47.8. The van der Waals surface area contributed by atoms with E-state index in [9.17, 15) is 0 Å². The van der Waals surface area contributed by atoms with Gasteiger partial charge in [-0.1, -0.05) is 127 Å². The van der Waals surface area contributed by atoms with Gasteiger partial charge >= 0.3 is 0 Å². The molecule has 30 heavy (non-hydrogen) atoms. The molecular weight excluding hydrogens is 380 g/mol. The topological polar surface area (TPSA) is 0 Å². The molecule has 0 saturated heterocycles. The first-order chi connectivity index (χ1) is 14.9. The van der Waals surface area contributed by atoms with E-state index < -0.39 is 0 Å². The second-order valence-corrected chi connectivity index (χ2v) is 8.61. The van der Waals surface area contributed by atoms with Crippen molar-refractivity contribution in [1.29, 1.82) is 0 Å². The molecular formula is C29H22S. The van der Waals surface area contributed by atoms with Crippen LogP contribution < -0.4 is 0 Å². The summed E-state index contributed by atoms with van der Waals surface area (Å²) in [5.74, 6) is 0. The van der Waals surface area contributed by atoms with E-state index in [1.807, 2.05) is 11.8 Å². The largest absolute Gasteiger partial charge is 0.104 e. The third-order valence-electron chi connectivity index (χ3n) is 5.55. The minimum Gasteiger partial charge on any atom is -0.104 e. The molecule has 5 rings (SSSR count). The number of thioether (sulfide) groups is 1. The molecule has 1 heteroatoms. The quantitative estimate of drug-likeness (QED) is 0.212. The minimum absolute atomic E-state index is 0.353. The zero-order valence-corrected chi connectivity index (χ0v) is 17.4. The van der Waals surface area contributed by atoms with Crippen LogP contribution in [0.15, 0.2) is 138 Å². The van der Waals surface area contributed by atoms with E-state index in [0.717, 1.165) is 0 Å². The Morgan fingerprint density at radius 2 is 0.833 bits per heavy atom. The molecule has 0 aliphatic heterocycles. The van der Waals surface area contributed by atoms with Crippen LogP contribution in [-0.4, -0.2) is 0 Å². The van der Waals surface area contributed by atoms with Crippen LogP contribution in [0.5, 0.6) is 0 Å². The van der Waals surface area contributed by atoms with Crippen molar-refractivity contribution in [2.24, 2.45) is 0 Å². The lowest BCUT2D eigenvalue weighted by Crippen LogP contribution is -2.25. The first kappa shape index (κ1) is 18.7. The van der Waals surface area contributed by atoms with E-state index in [1.54, 1.807) is 0 Å². The molecule has 0 aliphatic rings. The van der Waals surface area contributed by atoms with Gasteiger partial charge in [0.05, 0.1) is 4.75 Å². The van der Waals surface area contributed by atoms with Crippen molar-refractivity contribution < 1.29 is 0 Å². The number of hydrogen-bond donors (Lipinski definition) is 0. The van der Waals surface area contributed by atoms with Gasteiger partial charge in [-0.2, -0.15) is 0 Å². The first-order valence-electron chi connectivity index (χ1n) is 10.2. The van der Waals surface area contributed by atoms with E-state index in [4.69, 9.17) is 0 Å². The molecule has 0 saturated carbocycles. The first-order valence-corrected chi connectivity index (χ1v) is 11.0. The Balaban J connectivity index is 1.82. The van der Waals surface area contributed by atoms with E-state index >= 15 is 0 Å². The van der Waals surface area contributed by atoms with Gasteiger partial charge in [0, 0.05) is 4.90 Å². The zero-order valence-electron chi connectivity index (χ0n) is 16.6. The van der Waals surface area contributed by atoms with Crippen LogP contribution in [0.3, 0.4) is 0 Å². The molecule has 144 valence electrons. The Morgan fingerprint density at radius 3 is 1.37 bits per heavy atom. The van der Waals surface area contributed by atoms with E-state index in [-0.39, 0.29) is 4.75 Å². The average Bonchev–Trinajstić information content (AvgIpc) is 2.84. The third kappa shape index (κ3) is 3.32. The molecule has 0 unspecified atom stereocenters. The van der Waals surface area contributed by atoms with E-state index in [0.29, 0.717) is 0 Å². The Bertz CT molecular complexity index is 1140. The van der Waals surface area contributed by atoms with Gasteiger partial charge in [0.25, 0.3) is 0 Å². The van der Waals surface area contributed by atoms with Gasteiger partial charge in [0.1, 0.15) is 0 Å². The minimum atomic E-state index is -0.353. The van der Waals surface area contributed by atoms with Crippen LogP contribution >= 0.6 is 11.8 Å². The SMILES string of the molecule is c1ccc(C(Sc2cccc3ccccc23)(c2ccccc2)c2ccccc2)cc1. The molecule has 5 aromatic rings. The van der Waals surface area contributed by atoms with Crippen molar-refractivity contribution in [1.82, 2.24) is 0 Å². The maximum Gasteiger partial charge on any atom is 0.0954 e. The lowest BCUT2D eigenvalue weighted by molar-refractivity contribution is 0.895. The van der Waals surface area contributed by atoms with Gasteiger partial charge in [-0.3, -0.25) is 0 Å². The van der Waals surface area contributed by atoms with Gasteiger partial charge in [-0.05, 0) is 33.5 Å². The van der Waals surface area contributed by atoms with Crippen molar-refractivity contribution >= 4 is 22.5 Å². The summed E-state index contributed by atoms with van der Waals surface area (Å²) in [4.78, 5) is 1.28. The van der Waals surface area contributed by atoms with Crippen molar-refractivity contribution in [3.05, 3.63) is 150 Å². The maximum atomic E-state index is 2.25. The Kier molecular flexibility index (Phi) is 5.13. The lowest BCUT2D eigenvalue weighted by Gasteiger charge is -2.35. The van der Waals surface area contributed by atoms with Crippen LogP contribution in [0.4, 0.5) is 0 Å². The van der Waals surface area contributed by atoms with Crippen LogP contribution in [-0.2, 0) is 4.75 Å². The molecule has 5 aromatic carbocycles. The summed E-state index contributed by atoms with van der Waals surface area (Å²) in [6.45, 7) is 0. The Hall–Kier alpha value is -3.29. The molecule has 0 aliphatic carbocycles. The van der Waals surface area contributed by atoms with Gasteiger partial charge in [-0.15, -0.1) is 11.8 Å². The summed E-state index contributed by atoms with van der Waals surface area (Å²) < 4.78 is -0.353. The van der Waals surface area contributed by atoms with Gasteiger partial charge in [0.2, 0.25) is 0 Å². The Labute approximate surface area is 182 Å². The zero-order chi connectivity index (χ0) is 20.2. The second kappa shape index (κ2) is 8.22. The molecule has 0 nitrogen and oxygen atoms in total. The second-order valence-electron chi connectivity index (χ2n) is 7.36. The molecule has 0 radical (unpaired) electrons. The summed E-state index contributed by atoms with van der Waals surface area (Å²) in [5, 5.41) is 2.56. The fraction of sp³-hybridized carbons (Fsp3) is 0.0345. The fourth-order valence-corrected chi connectivity index (χ4v) is 5.68. The average molecular weight is 403 g/mol. The summed E-state index contributed by atoms with van der Waals surface area (Å²) in [6.07, 6.45) is 0. The van der Waals surface area contributed by atoms with Crippen molar-refractivity contribution in [3.8, 4) is 0 Å². The highest BCUT2D eigenvalue weighted by Crippen LogP contribution is 2.52. The maximum absolute atomic E-state index is 2.25. The molecule has 0 amide bonds. The number of fused-ring (bicyclic) bond motifs is 1. The van der Waals surface area contributed by atoms with E-state index in [1.165, 1.54) is 32.4 Å². The van der Waals surface area contributed by atoms with Crippen molar-refractivity contribution in [3.63, 3.8) is 0 Å². The van der Waals surface area contributed by atoms with Crippen LogP contribution in [0, 0.1) is 0 Å². The predicted octanol–water partition coefficient (Wildman–Crippen LogP) is 7.92. The summed E-state index contributed by atoms with van der Waals surface area (Å²) in [7, 11) is 0. The van der Waals surface area contributed by atoms with Gasteiger partial charge < -0.3 is 0 Å². The van der Waals surface area contributed by atoms with Crippen molar-refractivity contribution in [2.45, 2.75) is 9.64 Å². The number of hydrogen-bond acceptors (Lipinski definition) is 1. The molecule has 0 N–H and O–H groups in total. The lowest BCUT2D eigenvalue weighted by atomic mass is 9.84. The summed E-state index contributed by atoms with van der Waals surface area (Å²) >= 11 is 1.92. The van der Waals surface area contributed by atoms with Gasteiger partial charge in [0.15, 0.2) is 0 Å². The number of benzene rings is 5. The monoisotopic (exact) mass is 402 g/mol. The highest BCUT2D eigenvalue weighted by Gasteiger charge is 2.37. The molecule has 0 fully saturated rings. The normalized spacial score (nSPS) is 11.5. The molecule has 0 bridgehead atoms. The van der Waals surface area contributed by atoms with E-state index in [2.05, 4.69) is 133 Å². The predicted molar refractivity (Wildman–Crippen MR) is 129 cm³/mol. The molecule has 0 aromatic heterocycles. The number of rotatable bonds is 5. The third-order valence-corrected chi connectivity index (χ3v) is 7.14. The van der Waals surface area contributed by atoms with Gasteiger partial charge in [-0.25, -0.2) is 0 Å².